The Kier molecular flexibility index (Phi) is 5.91. The molecule has 0 radical (unpaired) electrons. The van der Waals surface area contributed by atoms with E-state index in [1.165, 1.54) is 5.56 Å². The maximum Gasteiger partial charge on any atom is 0.168 e. The zero-order chi connectivity index (χ0) is 21.8. The number of nitrogens with zero attached hydrogens (tertiary/aromatic N) is 5. The molecule has 4 aromatic rings. The predicted octanol–water partition coefficient (Wildman–Crippen LogP) is 3.34. The van der Waals surface area contributed by atoms with Gasteiger partial charge in [-0.25, -0.2) is 0 Å². The van der Waals surface area contributed by atoms with E-state index in [0.29, 0.717) is 11.3 Å². The van der Waals surface area contributed by atoms with Crippen LogP contribution >= 0.6 is 0 Å². The number of Topliss-reactive ketones (excluding diaryl/α,β-unsaturated/α-hetero) is 1. The number of carbonyl (C=O) groups is 1. The van der Waals surface area contributed by atoms with Gasteiger partial charge in [0.15, 0.2) is 5.78 Å². The van der Waals surface area contributed by atoms with E-state index in [-0.39, 0.29) is 12.2 Å². The third-order valence-corrected chi connectivity index (χ3v) is 5.61. The topological polar surface area (TPSA) is 81.1 Å². The molecule has 160 valence electrons. The summed E-state index contributed by atoms with van der Waals surface area (Å²) in [5.74, 6) is 0.0537. The molecule has 5 rings (SSSR count). The molecular formula is C25H23N5O2. The van der Waals surface area contributed by atoms with E-state index in [0.717, 1.165) is 55.0 Å². The van der Waals surface area contributed by atoms with Gasteiger partial charge in [0, 0.05) is 61.1 Å². The summed E-state index contributed by atoms with van der Waals surface area (Å²) >= 11 is 0. The number of ketones is 1. The Hall–Kier alpha value is -3.55. The highest BCUT2D eigenvalue weighted by Gasteiger charge is 2.13. The fourth-order valence-electron chi connectivity index (χ4n) is 3.83. The summed E-state index contributed by atoms with van der Waals surface area (Å²) < 4.78 is 5.40. The number of ether oxygens (including phenoxy) is 1. The summed E-state index contributed by atoms with van der Waals surface area (Å²) in [4.78, 5) is 32.5. The van der Waals surface area contributed by atoms with Crippen LogP contribution in [0.5, 0.6) is 0 Å². The van der Waals surface area contributed by atoms with E-state index >= 15 is 0 Å². The van der Waals surface area contributed by atoms with Gasteiger partial charge < -0.3 is 4.74 Å². The lowest BCUT2D eigenvalue weighted by Gasteiger charge is -2.26. The molecule has 0 unspecified atom stereocenters. The molecule has 32 heavy (non-hydrogen) atoms. The van der Waals surface area contributed by atoms with Gasteiger partial charge in [-0.2, -0.15) is 0 Å². The number of fused-ring (bicyclic) bond motifs is 1. The quantitative estimate of drug-likeness (QED) is 0.438. The summed E-state index contributed by atoms with van der Waals surface area (Å²) in [6.45, 7) is 4.34. The summed E-state index contributed by atoms with van der Waals surface area (Å²) in [6.07, 6.45) is 8.74. The van der Waals surface area contributed by atoms with Crippen LogP contribution in [0.1, 0.15) is 21.6 Å². The Morgan fingerprint density at radius 1 is 0.875 bits per heavy atom. The van der Waals surface area contributed by atoms with Crippen LogP contribution in [0.25, 0.3) is 22.2 Å². The van der Waals surface area contributed by atoms with E-state index in [4.69, 9.17) is 4.74 Å². The Balaban J connectivity index is 1.29. The third-order valence-electron chi connectivity index (χ3n) is 5.61. The normalized spacial score (nSPS) is 14.5. The van der Waals surface area contributed by atoms with Crippen molar-refractivity contribution in [1.29, 1.82) is 0 Å². The molecule has 0 saturated carbocycles. The number of hydrogen-bond donors (Lipinski definition) is 0. The molecule has 1 aliphatic rings. The number of rotatable bonds is 6. The Bertz CT molecular complexity index is 1220. The monoisotopic (exact) mass is 425 g/mol. The lowest BCUT2D eigenvalue weighted by atomic mass is 10.0. The van der Waals surface area contributed by atoms with Gasteiger partial charge in [-0.05, 0) is 23.1 Å². The first-order valence-electron chi connectivity index (χ1n) is 10.7. The standard InChI is InChI=1S/C25H23N5O2/c31-25(19-3-1-18(2-4-19)17-30-7-9-32-10-8-30)13-22-11-20-12-23(24-16-26-5-6-27-24)29-15-21(20)14-28-22/h1-6,11-12,14-16H,7-10,13,17H2. The predicted molar refractivity (Wildman–Crippen MR) is 121 cm³/mol. The molecule has 0 N–H and O–H groups in total. The number of morpholine rings is 1. The summed E-state index contributed by atoms with van der Waals surface area (Å²) in [7, 11) is 0. The lowest BCUT2D eigenvalue weighted by Crippen LogP contribution is -2.35. The summed E-state index contributed by atoms with van der Waals surface area (Å²) in [5.41, 5.74) is 4.09. The number of carbonyl (C=O) groups excluding carboxylic acids is 1. The molecule has 0 atom stereocenters. The molecular weight excluding hydrogens is 402 g/mol. The van der Waals surface area contributed by atoms with Crippen LogP contribution in [0.3, 0.4) is 0 Å². The van der Waals surface area contributed by atoms with Crippen molar-refractivity contribution >= 4 is 16.6 Å². The summed E-state index contributed by atoms with van der Waals surface area (Å²) in [6, 6.07) is 11.8. The van der Waals surface area contributed by atoms with Crippen molar-refractivity contribution < 1.29 is 9.53 Å². The van der Waals surface area contributed by atoms with Gasteiger partial charge in [0.25, 0.3) is 0 Å². The van der Waals surface area contributed by atoms with Crippen molar-refractivity contribution in [1.82, 2.24) is 24.8 Å². The van der Waals surface area contributed by atoms with Gasteiger partial charge >= 0.3 is 0 Å². The molecule has 0 aliphatic carbocycles. The highest BCUT2D eigenvalue weighted by Crippen LogP contribution is 2.21. The van der Waals surface area contributed by atoms with Gasteiger partial charge in [0.1, 0.15) is 5.69 Å². The van der Waals surface area contributed by atoms with Crippen LogP contribution in [0.4, 0.5) is 0 Å². The molecule has 7 heteroatoms. The highest BCUT2D eigenvalue weighted by molar-refractivity contribution is 5.97. The first kappa shape index (κ1) is 20.4. The van der Waals surface area contributed by atoms with Gasteiger partial charge in [-0.15, -0.1) is 0 Å². The second-order valence-electron chi connectivity index (χ2n) is 7.87. The average molecular weight is 425 g/mol. The number of hydrogen-bond acceptors (Lipinski definition) is 7. The van der Waals surface area contributed by atoms with Crippen LogP contribution < -0.4 is 0 Å². The fourth-order valence-corrected chi connectivity index (χ4v) is 3.83. The van der Waals surface area contributed by atoms with Crippen molar-refractivity contribution in [3.8, 4) is 11.4 Å². The van der Waals surface area contributed by atoms with Gasteiger partial charge in [0.2, 0.25) is 0 Å². The Morgan fingerprint density at radius 3 is 2.47 bits per heavy atom. The summed E-state index contributed by atoms with van der Waals surface area (Å²) in [5, 5.41) is 1.89. The van der Waals surface area contributed by atoms with Crippen molar-refractivity contribution in [2.45, 2.75) is 13.0 Å². The van der Waals surface area contributed by atoms with E-state index < -0.39 is 0 Å². The number of pyridine rings is 2. The van der Waals surface area contributed by atoms with Crippen LogP contribution in [-0.2, 0) is 17.7 Å². The van der Waals surface area contributed by atoms with Crippen LogP contribution in [0, 0.1) is 0 Å². The molecule has 3 aromatic heterocycles. The molecule has 4 heterocycles. The Morgan fingerprint density at radius 2 is 1.69 bits per heavy atom. The lowest BCUT2D eigenvalue weighted by molar-refractivity contribution is 0.0342. The second-order valence-corrected chi connectivity index (χ2v) is 7.87. The van der Waals surface area contributed by atoms with Crippen LogP contribution in [-0.4, -0.2) is 56.9 Å². The minimum Gasteiger partial charge on any atom is -0.379 e. The van der Waals surface area contributed by atoms with E-state index in [1.807, 2.05) is 36.4 Å². The fraction of sp³-hybridized carbons (Fsp3) is 0.240. The average Bonchev–Trinajstić information content (AvgIpc) is 2.85. The molecule has 0 bridgehead atoms. The molecule has 1 saturated heterocycles. The number of benzene rings is 1. The van der Waals surface area contributed by atoms with Crippen molar-refractivity contribution in [2.75, 3.05) is 26.3 Å². The molecule has 7 nitrogen and oxygen atoms in total. The highest BCUT2D eigenvalue weighted by atomic mass is 16.5. The molecule has 0 amide bonds. The third kappa shape index (κ3) is 4.69. The largest absolute Gasteiger partial charge is 0.379 e. The maximum atomic E-state index is 12.8. The first-order valence-corrected chi connectivity index (χ1v) is 10.7. The van der Waals surface area contributed by atoms with E-state index in [9.17, 15) is 4.79 Å². The van der Waals surface area contributed by atoms with Gasteiger partial charge in [0.05, 0.1) is 31.5 Å². The minimum absolute atomic E-state index is 0.0537. The number of aromatic nitrogens is 4. The zero-order valence-electron chi connectivity index (χ0n) is 17.6. The second kappa shape index (κ2) is 9.30. The first-order chi connectivity index (χ1) is 15.7. The minimum atomic E-state index is 0.0537. The van der Waals surface area contributed by atoms with E-state index in [2.05, 4.69) is 24.8 Å². The van der Waals surface area contributed by atoms with Crippen LogP contribution in [0.2, 0.25) is 0 Å². The SMILES string of the molecule is O=C(Cc1cc2cc(-c3cnccn3)ncc2cn1)c1ccc(CN2CCOCC2)cc1. The molecule has 0 spiro atoms. The van der Waals surface area contributed by atoms with Gasteiger partial charge in [-0.1, -0.05) is 24.3 Å². The smallest absolute Gasteiger partial charge is 0.168 e. The van der Waals surface area contributed by atoms with Crippen molar-refractivity contribution in [2.24, 2.45) is 0 Å². The maximum absolute atomic E-state index is 12.8. The van der Waals surface area contributed by atoms with Crippen molar-refractivity contribution in [3.05, 3.63) is 84.2 Å². The Labute approximate surface area is 186 Å². The molecule has 1 aliphatic heterocycles. The van der Waals surface area contributed by atoms with Gasteiger partial charge in [-0.3, -0.25) is 29.6 Å². The zero-order valence-corrected chi connectivity index (χ0v) is 17.6. The van der Waals surface area contributed by atoms with E-state index in [1.54, 1.807) is 31.0 Å². The molecule has 1 aromatic carbocycles. The van der Waals surface area contributed by atoms with Crippen LogP contribution in [0.15, 0.2) is 67.4 Å². The van der Waals surface area contributed by atoms with Crippen molar-refractivity contribution in [3.63, 3.8) is 0 Å². The molecule has 1 fully saturated rings.